The highest BCUT2D eigenvalue weighted by Gasteiger charge is 2.32. The fourth-order valence-corrected chi connectivity index (χ4v) is 5.48. The summed E-state index contributed by atoms with van der Waals surface area (Å²) in [5.74, 6) is 1.73. The predicted octanol–water partition coefficient (Wildman–Crippen LogP) is 4.54. The summed E-state index contributed by atoms with van der Waals surface area (Å²) in [6.45, 7) is 6.02. The number of aromatic nitrogens is 1. The van der Waals surface area contributed by atoms with Crippen LogP contribution in [0.1, 0.15) is 78.5 Å². The molecular formula is C25H33N3O3. The van der Waals surface area contributed by atoms with Gasteiger partial charge in [-0.25, -0.2) is 4.98 Å². The molecule has 0 bridgehead atoms. The zero-order chi connectivity index (χ0) is 21.2. The highest BCUT2D eigenvalue weighted by atomic mass is 16.5. The van der Waals surface area contributed by atoms with E-state index in [0.29, 0.717) is 24.6 Å². The molecular weight excluding hydrogens is 390 g/mol. The van der Waals surface area contributed by atoms with Crippen molar-refractivity contribution < 1.29 is 13.9 Å². The van der Waals surface area contributed by atoms with Crippen LogP contribution in [0.3, 0.4) is 0 Å². The van der Waals surface area contributed by atoms with Crippen molar-refractivity contribution in [3.05, 3.63) is 47.0 Å². The molecule has 1 unspecified atom stereocenters. The van der Waals surface area contributed by atoms with Crippen molar-refractivity contribution in [3.8, 4) is 0 Å². The molecule has 31 heavy (non-hydrogen) atoms. The Morgan fingerprint density at radius 2 is 2.10 bits per heavy atom. The average molecular weight is 424 g/mol. The van der Waals surface area contributed by atoms with Crippen LogP contribution in [0.2, 0.25) is 0 Å². The second-order valence-electron chi connectivity index (χ2n) is 9.16. The Bertz CT molecular complexity index is 905. The number of fused-ring (bicyclic) bond motifs is 1. The third-order valence-corrected chi connectivity index (χ3v) is 7.30. The molecule has 1 amide bonds. The lowest BCUT2D eigenvalue weighted by Gasteiger charge is -2.42. The van der Waals surface area contributed by atoms with Crippen LogP contribution in [-0.4, -0.2) is 48.1 Å². The minimum atomic E-state index is 0.0682. The monoisotopic (exact) mass is 423 g/mol. The van der Waals surface area contributed by atoms with E-state index in [4.69, 9.17) is 14.1 Å². The molecule has 0 spiro atoms. The molecule has 0 aromatic carbocycles. The number of piperazine rings is 1. The van der Waals surface area contributed by atoms with E-state index in [-0.39, 0.29) is 11.9 Å². The van der Waals surface area contributed by atoms with Crippen LogP contribution in [0.25, 0.3) is 0 Å². The Hall–Kier alpha value is -2.34. The molecule has 2 aromatic rings. The van der Waals surface area contributed by atoms with Crippen LogP contribution in [0.5, 0.6) is 0 Å². The molecule has 0 radical (unpaired) electrons. The van der Waals surface area contributed by atoms with E-state index in [1.165, 1.54) is 48.9 Å². The summed E-state index contributed by atoms with van der Waals surface area (Å²) in [6.07, 6.45) is 11.5. The summed E-state index contributed by atoms with van der Waals surface area (Å²) >= 11 is 0. The highest BCUT2D eigenvalue weighted by Crippen LogP contribution is 2.37. The second-order valence-corrected chi connectivity index (χ2v) is 9.16. The van der Waals surface area contributed by atoms with Crippen molar-refractivity contribution in [1.29, 1.82) is 0 Å². The van der Waals surface area contributed by atoms with Gasteiger partial charge in [0, 0.05) is 37.2 Å². The number of nitrogens with zero attached hydrogens (tertiary/aromatic N) is 3. The molecule has 6 heteroatoms. The third kappa shape index (κ3) is 4.10. The first kappa shape index (κ1) is 20.6. The summed E-state index contributed by atoms with van der Waals surface area (Å²) in [4.78, 5) is 22.6. The van der Waals surface area contributed by atoms with E-state index >= 15 is 0 Å². The van der Waals surface area contributed by atoms with Gasteiger partial charge in [0.15, 0.2) is 0 Å². The Labute approximate surface area is 184 Å². The van der Waals surface area contributed by atoms with Crippen molar-refractivity contribution in [3.63, 3.8) is 0 Å². The maximum Gasteiger partial charge on any atom is 0.257 e. The van der Waals surface area contributed by atoms with Gasteiger partial charge in [-0.3, -0.25) is 4.79 Å². The molecule has 166 valence electrons. The lowest BCUT2D eigenvalue weighted by atomic mass is 9.83. The van der Waals surface area contributed by atoms with Gasteiger partial charge in [-0.05, 0) is 43.4 Å². The molecule has 2 aromatic heterocycles. The van der Waals surface area contributed by atoms with Gasteiger partial charge in [-0.2, -0.15) is 0 Å². The van der Waals surface area contributed by atoms with Crippen LogP contribution in [-0.2, 0) is 17.8 Å². The second kappa shape index (κ2) is 9.03. The summed E-state index contributed by atoms with van der Waals surface area (Å²) in [5.41, 5.74) is 4.69. The Morgan fingerprint density at radius 3 is 2.87 bits per heavy atom. The molecule has 0 N–H and O–H groups in total. The van der Waals surface area contributed by atoms with Gasteiger partial charge in [-0.15, -0.1) is 0 Å². The fraction of sp³-hybridized carbons (Fsp3) is 0.600. The molecule has 1 atom stereocenters. The van der Waals surface area contributed by atoms with E-state index in [1.54, 1.807) is 18.6 Å². The largest absolute Gasteiger partial charge is 0.472 e. The Kier molecular flexibility index (Phi) is 5.99. The third-order valence-electron chi connectivity index (χ3n) is 7.30. The zero-order valence-corrected chi connectivity index (χ0v) is 18.5. The van der Waals surface area contributed by atoms with Gasteiger partial charge in [0.05, 0.1) is 30.7 Å². The summed E-state index contributed by atoms with van der Waals surface area (Å²) < 4.78 is 10.9. The summed E-state index contributed by atoms with van der Waals surface area (Å²) in [6, 6.07) is 4.23. The van der Waals surface area contributed by atoms with Crippen molar-refractivity contribution >= 4 is 11.7 Å². The number of pyridine rings is 1. The predicted molar refractivity (Wildman–Crippen MR) is 119 cm³/mol. The van der Waals surface area contributed by atoms with E-state index in [0.717, 1.165) is 38.4 Å². The first-order valence-electron chi connectivity index (χ1n) is 11.9. The topological polar surface area (TPSA) is 58.8 Å². The molecule has 2 fully saturated rings. The minimum Gasteiger partial charge on any atom is -0.472 e. The highest BCUT2D eigenvalue weighted by molar-refractivity contribution is 5.94. The zero-order valence-electron chi connectivity index (χ0n) is 18.5. The average Bonchev–Trinajstić information content (AvgIpc) is 3.38. The van der Waals surface area contributed by atoms with E-state index in [1.807, 2.05) is 4.90 Å². The normalized spacial score (nSPS) is 22.4. The maximum absolute atomic E-state index is 12.9. The van der Waals surface area contributed by atoms with Crippen molar-refractivity contribution in [2.75, 3.05) is 31.1 Å². The van der Waals surface area contributed by atoms with Gasteiger partial charge in [-0.1, -0.05) is 26.2 Å². The number of carbonyl (C=O) groups is 1. The lowest BCUT2D eigenvalue weighted by Crippen LogP contribution is -2.55. The quantitative estimate of drug-likeness (QED) is 0.723. The number of hydrogen-bond donors (Lipinski definition) is 0. The van der Waals surface area contributed by atoms with Gasteiger partial charge >= 0.3 is 0 Å². The number of ether oxygens (including phenoxy) is 1. The van der Waals surface area contributed by atoms with Crippen molar-refractivity contribution in [2.45, 2.75) is 70.4 Å². The van der Waals surface area contributed by atoms with Crippen LogP contribution in [0.15, 0.2) is 29.1 Å². The number of carbonyl (C=O) groups excluding carboxylic acids is 1. The first-order valence-corrected chi connectivity index (χ1v) is 11.9. The standard InChI is InChI=1S/C25H33N3O3/c1-2-21-15-27(10-11-28(21)25(29)20-9-13-30-16-20)23-14-19-8-12-31-17-22(19)24(26-23)18-6-4-3-5-7-18/h9,13-14,16,18,21H,2-8,10-12,15,17H2,1H3. The van der Waals surface area contributed by atoms with E-state index in [9.17, 15) is 4.79 Å². The molecule has 5 rings (SSSR count). The number of amides is 1. The molecule has 6 nitrogen and oxygen atoms in total. The SMILES string of the molecule is CCC1CN(c2cc3c(c(C4CCCCC4)n2)COCC3)CCN1C(=O)c1ccoc1. The van der Waals surface area contributed by atoms with Crippen LogP contribution in [0.4, 0.5) is 5.82 Å². The van der Waals surface area contributed by atoms with Gasteiger partial charge in [0.2, 0.25) is 0 Å². The number of hydrogen-bond acceptors (Lipinski definition) is 5. The first-order chi connectivity index (χ1) is 15.2. The van der Waals surface area contributed by atoms with Crippen molar-refractivity contribution in [2.24, 2.45) is 0 Å². The molecule has 1 aliphatic carbocycles. The van der Waals surface area contributed by atoms with E-state index in [2.05, 4.69) is 17.9 Å². The summed E-state index contributed by atoms with van der Waals surface area (Å²) in [7, 11) is 0. The lowest BCUT2D eigenvalue weighted by molar-refractivity contribution is 0.0650. The molecule has 1 saturated heterocycles. The Morgan fingerprint density at radius 1 is 1.23 bits per heavy atom. The van der Waals surface area contributed by atoms with Gasteiger partial charge < -0.3 is 19.0 Å². The molecule has 3 aliphatic rings. The van der Waals surface area contributed by atoms with E-state index < -0.39 is 0 Å². The molecule has 1 saturated carbocycles. The number of rotatable bonds is 4. The summed E-state index contributed by atoms with van der Waals surface area (Å²) in [5, 5.41) is 0. The maximum atomic E-state index is 12.9. The van der Waals surface area contributed by atoms with Crippen LogP contribution in [0, 0.1) is 0 Å². The minimum absolute atomic E-state index is 0.0682. The smallest absolute Gasteiger partial charge is 0.257 e. The molecule has 2 aliphatic heterocycles. The van der Waals surface area contributed by atoms with Gasteiger partial charge in [0.1, 0.15) is 12.1 Å². The molecule has 4 heterocycles. The Balaban J connectivity index is 1.40. The van der Waals surface area contributed by atoms with Crippen LogP contribution >= 0.6 is 0 Å². The fourth-order valence-electron chi connectivity index (χ4n) is 5.48. The number of anilines is 1. The van der Waals surface area contributed by atoms with Gasteiger partial charge in [0.25, 0.3) is 5.91 Å². The number of furan rings is 1. The van der Waals surface area contributed by atoms with Crippen molar-refractivity contribution in [1.82, 2.24) is 9.88 Å². The van der Waals surface area contributed by atoms with Crippen LogP contribution < -0.4 is 4.90 Å².